The van der Waals surface area contributed by atoms with Crippen LogP contribution in [0.1, 0.15) is 0 Å². The highest BCUT2D eigenvalue weighted by molar-refractivity contribution is 9.10. The van der Waals surface area contributed by atoms with E-state index in [0.29, 0.717) is 12.3 Å². The summed E-state index contributed by atoms with van der Waals surface area (Å²) >= 11 is 3.13. The van der Waals surface area contributed by atoms with Crippen molar-refractivity contribution in [3.63, 3.8) is 0 Å². The minimum atomic E-state index is -0.261. The number of rotatable bonds is 1. The second kappa shape index (κ2) is 4.64. The number of nitrogens with zero attached hydrogens (tertiary/aromatic N) is 1. The molecule has 0 saturated heterocycles. The summed E-state index contributed by atoms with van der Waals surface area (Å²) in [5, 5.41) is 0. The maximum absolute atomic E-state index is 10.8. The summed E-state index contributed by atoms with van der Waals surface area (Å²) in [6.45, 7) is 0.321. The quantitative estimate of drug-likeness (QED) is 0.684. The Kier molecular flexibility index (Phi) is 4.56. The van der Waals surface area contributed by atoms with Gasteiger partial charge in [0.05, 0.1) is 5.71 Å². The van der Waals surface area contributed by atoms with E-state index in [9.17, 15) is 4.79 Å². The smallest absolute Gasteiger partial charge is 0.263 e. The van der Waals surface area contributed by atoms with Crippen LogP contribution in [-0.2, 0) is 4.79 Å². The van der Waals surface area contributed by atoms with E-state index >= 15 is 0 Å². The summed E-state index contributed by atoms with van der Waals surface area (Å²) < 4.78 is 0. The lowest BCUT2D eigenvalue weighted by Gasteiger charge is -2.05. The number of dihydropyridines is 1. The lowest BCUT2D eigenvalue weighted by molar-refractivity contribution is -0.116. The lowest BCUT2D eigenvalue weighted by Crippen LogP contribution is -2.21. The van der Waals surface area contributed by atoms with Gasteiger partial charge in [0.2, 0.25) is 0 Å². The number of hydrogen-bond acceptors (Lipinski definition) is 2. The van der Waals surface area contributed by atoms with Crippen LogP contribution in [0, 0.1) is 0 Å². The average molecular weight is 240 g/mol. The molecule has 11 heavy (non-hydrogen) atoms. The van der Waals surface area contributed by atoms with Gasteiger partial charge < -0.3 is 5.73 Å². The maximum atomic E-state index is 10.8. The molecule has 2 N–H and O–H groups in total. The first-order valence-electron chi connectivity index (χ1n) is 2.88. The molecule has 0 aromatic carbocycles. The van der Waals surface area contributed by atoms with Crippen LogP contribution < -0.4 is 5.73 Å². The van der Waals surface area contributed by atoms with Crippen molar-refractivity contribution >= 4 is 40.0 Å². The fourth-order valence-corrected chi connectivity index (χ4v) is 0.887. The Bertz CT molecular complexity index is 215. The van der Waals surface area contributed by atoms with Gasteiger partial charge in [-0.1, -0.05) is 22.0 Å². The fourth-order valence-electron chi connectivity index (χ4n) is 0.632. The van der Waals surface area contributed by atoms with E-state index in [1.807, 2.05) is 0 Å². The van der Waals surface area contributed by atoms with Crippen LogP contribution >= 0.6 is 28.3 Å². The van der Waals surface area contributed by atoms with Crippen molar-refractivity contribution in [2.24, 2.45) is 10.7 Å². The SMILES string of the molecule is Cl.NCC1=NC(=O)C(Br)C=C1. The third kappa shape index (κ3) is 2.73. The summed E-state index contributed by atoms with van der Waals surface area (Å²) in [5.74, 6) is -0.178. The summed E-state index contributed by atoms with van der Waals surface area (Å²) in [6, 6.07) is 0. The molecule has 0 bridgehead atoms. The molecule has 62 valence electrons. The van der Waals surface area contributed by atoms with E-state index in [2.05, 4.69) is 20.9 Å². The third-order valence-corrected chi connectivity index (χ3v) is 1.85. The van der Waals surface area contributed by atoms with Crippen molar-refractivity contribution < 1.29 is 4.79 Å². The lowest BCUT2D eigenvalue weighted by atomic mass is 10.2. The number of alkyl halides is 1. The molecule has 1 heterocycles. The highest BCUT2D eigenvalue weighted by Gasteiger charge is 2.14. The molecule has 1 aliphatic rings. The first-order valence-corrected chi connectivity index (χ1v) is 3.79. The standard InChI is InChI=1S/C6H7BrN2O.ClH/c7-5-2-1-4(3-8)9-6(5)10;/h1-2,5H,3,8H2;1H. The summed E-state index contributed by atoms with van der Waals surface area (Å²) in [7, 11) is 0. The fraction of sp³-hybridized carbons (Fsp3) is 0.333. The molecule has 0 aromatic heterocycles. The van der Waals surface area contributed by atoms with E-state index in [1.54, 1.807) is 12.2 Å². The van der Waals surface area contributed by atoms with Crippen LogP contribution in [0.2, 0.25) is 0 Å². The van der Waals surface area contributed by atoms with Gasteiger partial charge in [0.1, 0.15) is 4.83 Å². The largest absolute Gasteiger partial charge is 0.325 e. The molecule has 1 amide bonds. The number of amides is 1. The predicted octanol–water partition coefficient (Wildman–Crippen LogP) is 0.668. The second-order valence-electron chi connectivity index (χ2n) is 1.91. The van der Waals surface area contributed by atoms with Crippen LogP contribution in [0.3, 0.4) is 0 Å². The molecule has 5 heteroatoms. The molecular formula is C6H8BrClN2O. The Morgan fingerprint density at radius 1 is 1.73 bits per heavy atom. The van der Waals surface area contributed by atoms with E-state index in [1.165, 1.54) is 0 Å². The molecule has 0 aromatic rings. The Balaban J connectivity index is 0.000001000. The van der Waals surface area contributed by atoms with Gasteiger partial charge in [0.25, 0.3) is 5.91 Å². The molecule has 0 fully saturated rings. The number of carbonyl (C=O) groups is 1. The van der Waals surface area contributed by atoms with E-state index in [-0.39, 0.29) is 23.1 Å². The minimum absolute atomic E-state index is 0. The Labute approximate surface area is 79.3 Å². The van der Waals surface area contributed by atoms with Gasteiger partial charge in [-0.05, 0) is 6.08 Å². The molecule has 1 aliphatic heterocycles. The normalized spacial score (nSPS) is 22.5. The van der Waals surface area contributed by atoms with Crippen molar-refractivity contribution in [2.45, 2.75) is 4.83 Å². The highest BCUT2D eigenvalue weighted by Crippen LogP contribution is 2.08. The average Bonchev–Trinajstić information content (AvgIpc) is 1.95. The molecule has 1 rings (SSSR count). The van der Waals surface area contributed by atoms with Gasteiger partial charge in [-0.3, -0.25) is 4.79 Å². The highest BCUT2D eigenvalue weighted by atomic mass is 79.9. The number of halogens is 2. The summed E-state index contributed by atoms with van der Waals surface area (Å²) in [5.41, 5.74) is 5.90. The van der Waals surface area contributed by atoms with Crippen molar-refractivity contribution in [1.29, 1.82) is 0 Å². The van der Waals surface area contributed by atoms with Crippen molar-refractivity contribution in [3.05, 3.63) is 12.2 Å². The van der Waals surface area contributed by atoms with Gasteiger partial charge >= 0.3 is 0 Å². The molecule has 0 spiro atoms. The van der Waals surface area contributed by atoms with Crippen LogP contribution in [0.15, 0.2) is 17.1 Å². The zero-order valence-corrected chi connectivity index (χ0v) is 8.06. The predicted molar refractivity (Wildman–Crippen MR) is 50.6 cm³/mol. The Morgan fingerprint density at radius 2 is 2.36 bits per heavy atom. The van der Waals surface area contributed by atoms with Gasteiger partial charge in [-0.2, -0.15) is 0 Å². The van der Waals surface area contributed by atoms with E-state index in [0.717, 1.165) is 0 Å². The Morgan fingerprint density at radius 3 is 2.82 bits per heavy atom. The summed E-state index contributed by atoms with van der Waals surface area (Å²) in [4.78, 5) is 14.3. The Hall–Kier alpha value is -0.190. The number of nitrogens with two attached hydrogens (primary N) is 1. The number of hydrogen-bond donors (Lipinski definition) is 1. The topological polar surface area (TPSA) is 55.4 Å². The maximum Gasteiger partial charge on any atom is 0.263 e. The molecule has 1 atom stereocenters. The molecule has 0 saturated carbocycles. The van der Waals surface area contributed by atoms with Gasteiger partial charge in [0, 0.05) is 6.54 Å². The zero-order chi connectivity index (χ0) is 7.56. The first kappa shape index (κ1) is 10.8. The molecule has 3 nitrogen and oxygen atoms in total. The van der Waals surface area contributed by atoms with E-state index in [4.69, 9.17) is 5.73 Å². The van der Waals surface area contributed by atoms with Gasteiger partial charge in [-0.15, -0.1) is 12.4 Å². The van der Waals surface area contributed by atoms with Crippen molar-refractivity contribution in [3.8, 4) is 0 Å². The molecule has 0 radical (unpaired) electrons. The van der Waals surface area contributed by atoms with Gasteiger partial charge in [-0.25, -0.2) is 4.99 Å². The van der Waals surface area contributed by atoms with Gasteiger partial charge in [0.15, 0.2) is 0 Å². The summed E-state index contributed by atoms with van der Waals surface area (Å²) in [6.07, 6.45) is 3.48. The molecule has 1 unspecified atom stereocenters. The van der Waals surface area contributed by atoms with Crippen molar-refractivity contribution in [1.82, 2.24) is 0 Å². The molecular weight excluding hydrogens is 231 g/mol. The van der Waals surface area contributed by atoms with Crippen LogP contribution in [-0.4, -0.2) is 23.0 Å². The first-order chi connectivity index (χ1) is 4.74. The van der Waals surface area contributed by atoms with Crippen LogP contribution in [0.5, 0.6) is 0 Å². The molecule has 0 aliphatic carbocycles. The van der Waals surface area contributed by atoms with Crippen LogP contribution in [0.25, 0.3) is 0 Å². The van der Waals surface area contributed by atoms with Crippen molar-refractivity contribution in [2.75, 3.05) is 6.54 Å². The van der Waals surface area contributed by atoms with Crippen LogP contribution in [0.4, 0.5) is 0 Å². The minimum Gasteiger partial charge on any atom is -0.325 e. The third-order valence-electron chi connectivity index (χ3n) is 1.16. The number of carbonyl (C=O) groups excluding carboxylic acids is 1. The monoisotopic (exact) mass is 238 g/mol. The number of aliphatic imine (C=N–C) groups is 1. The second-order valence-corrected chi connectivity index (χ2v) is 2.89. The zero-order valence-electron chi connectivity index (χ0n) is 5.66. The van der Waals surface area contributed by atoms with E-state index < -0.39 is 0 Å².